The van der Waals surface area contributed by atoms with Crippen LogP contribution >= 0.6 is 0 Å². The van der Waals surface area contributed by atoms with Crippen molar-refractivity contribution in [3.63, 3.8) is 0 Å². The van der Waals surface area contributed by atoms with Crippen molar-refractivity contribution < 1.29 is 30.8 Å². The first-order valence-electron chi connectivity index (χ1n) is 7.71. The first kappa shape index (κ1) is 19.5. The molecule has 0 aromatic heterocycles. The molecule has 0 spiro atoms. The fraction of sp³-hybridized carbons (Fsp3) is 0.533. The predicted molar refractivity (Wildman–Crippen MR) is 83.3 cm³/mol. The predicted octanol–water partition coefficient (Wildman–Crippen LogP) is 2.61. The molecule has 1 atom stereocenters. The third-order valence-corrected chi connectivity index (χ3v) is 5.48. The summed E-state index contributed by atoms with van der Waals surface area (Å²) in [6.07, 6.45) is 1.45. The van der Waals surface area contributed by atoms with Gasteiger partial charge < -0.3 is 10.2 Å². The number of anilines is 1. The summed E-state index contributed by atoms with van der Waals surface area (Å²) in [7, 11) is -5.69. The van der Waals surface area contributed by atoms with Gasteiger partial charge in [0.1, 0.15) is 10.7 Å². The minimum atomic E-state index is -5.69. The first-order valence-corrected chi connectivity index (χ1v) is 9.19. The largest absolute Gasteiger partial charge is 0.501 e. The van der Waals surface area contributed by atoms with Crippen molar-refractivity contribution >= 4 is 21.4 Å². The molecule has 1 aromatic carbocycles. The summed E-state index contributed by atoms with van der Waals surface area (Å²) in [5.41, 5.74) is -5.74. The molecule has 10 heteroatoms. The van der Waals surface area contributed by atoms with Crippen molar-refractivity contribution in [2.24, 2.45) is 0 Å². The van der Waals surface area contributed by atoms with Gasteiger partial charge in [0.15, 0.2) is 0 Å². The van der Waals surface area contributed by atoms with E-state index in [0.29, 0.717) is 25.5 Å². The molecule has 1 saturated heterocycles. The summed E-state index contributed by atoms with van der Waals surface area (Å²) in [6.45, 7) is 2.13. The average Bonchev–Trinajstić information content (AvgIpc) is 2.53. The molecule has 1 unspecified atom stereocenters. The van der Waals surface area contributed by atoms with Crippen LogP contribution in [-0.4, -0.2) is 39.0 Å². The molecule has 1 fully saturated rings. The van der Waals surface area contributed by atoms with Gasteiger partial charge in [0.25, 0.3) is 9.84 Å². The van der Waals surface area contributed by atoms with Crippen molar-refractivity contribution in [1.29, 1.82) is 0 Å². The van der Waals surface area contributed by atoms with Crippen LogP contribution in [0.3, 0.4) is 0 Å². The lowest BCUT2D eigenvalue weighted by Gasteiger charge is -2.35. The van der Waals surface area contributed by atoms with Crippen LogP contribution in [0.4, 0.5) is 23.2 Å². The third kappa shape index (κ3) is 4.23. The first-order chi connectivity index (χ1) is 11.6. The van der Waals surface area contributed by atoms with E-state index in [0.717, 1.165) is 12.1 Å². The van der Waals surface area contributed by atoms with Crippen molar-refractivity contribution in [2.75, 3.05) is 18.0 Å². The van der Waals surface area contributed by atoms with Gasteiger partial charge in [0.05, 0.1) is 5.69 Å². The third-order valence-electron chi connectivity index (χ3n) is 3.96. The van der Waals surface area contributed by atoms with E-state index in [1.807, 2.05) is 0 Å². The Bertz CT molecular complexity index is 750. The van der Waals surface area contributed by atoms with Crippen LogP contribution in [0.5, 0.6) is 0 Å². The lowest BCUT2D eigenvalue weighted by molar-refractivity contribution is -0.121. The number of hydrogen-bond acceptors (Lipinski definition) is 4. The van der Waals surface area contributed by atoms with E-state index in [1.54, 1.807) is 6.92 Å². The number of nitrogens with zero attached hydrogens (tertiary/aromatic N) is 1. The molecule has 0 saturated carbocycles. The maximum Gasteiger partial charge on any atom is 0.501 e. The summed E-state index contributed by atoms with van der Waals surface area (Å²) in [6, 6.07) is 2.01. The van der Waals surface area contributed by atoms with Gasteiger partial charge in [-0.1, -0.05) is 6.92 Å². The fourth-order valence-electron chi connectivity index (χ4n) is 2.73. The van der Waals surface area contributed by atoms with Crippen LogP contribution in [0.15, 0.2) is 23.1 Å². The van der Waals surface area contributed by atoms with Gasteiger partial charge in [0.2, 0.25) is 5.91 Å². The van der Waals surface area contributed by atoms with Gasteiger partial charge in [-0.25, -0.2) is 12.8 Å². The topological polar surface area (TPSA) is 66.5 Å². The van der Waals surface area contributed by atoms with E-state index < -0.39 is 26.1 Å². The Morgan fingerprint density at radius 2 is 2.04 bits per heavy atom. The molecule has 1 aliphatic heterocycles. The quantitative estimate of drug-likeness (QED) is 0.813. The second-order valence-electron chi connectivity index (χ2n) is 5.77. The number of hydrogen-bond donors (Lipinski definition) is 1. The molecule has 0 radical (unpaired) electrons. The highest BCUT2D eigenvalue weighted by Gasteiger charge is 2.48. The van der Waals surface area contributed by atoms with Gasteiger partial charge >= 0.3 is 5.51 Å². The molecule has 1 N–H and O–H groups in total. The lowest BCUT2D eigenvalue weighted by atomic mass is 10.0. The standard InChI is InChI=1S/C15H18F4N2O3S/c1-2-14(22)20-11-4-3-7-21(9-11)12-6-5-10(16)8-13(12)25(23,24)15(17,18)19/h5-6,8,11H,2-4,7,9H2,1H3,(H,20,22). The Morgan fingerprint density at radius 1 is 1.36 bits per heavy atom. The van der Waals surface area contributed by atoms with Crippen molar-refractivity contribution in [3.8, 4) is 0 Å². The summed E-state index contributed by atoms with van der Waals surface area (Å²) >= 11 is 0. The Labute approximate surface area is 142 Å². The number of benzene rings is 1. The van der Waals surface area contributed by atoms with Crippen LogP contribution in [-0.2, 0) is 14.6 Å². The zero-order valence-corrected chi connectivity index (χ0v) is 14.3. The summed E-state index contributed by atoms with van der Waals surface area (Å²) in [5, 5.41) is 2.74. The van der Waals surface area contributed by atoms with Gasteiger partial charge in [0, 0.05) is 25.6 Å². The molecule has 1 heterocycles. The van der Waals surface area contributed by atoms with Crippen LogP contribution < -0.4 is 10.2 Å². The highest BCUT2D eigenvalue weighted by Crippen LogP contribution is 2.37. The van der Waals surface area contributed by atoms with E-state index in [2.05, 4.69) is 5.32 Å². The average molecular weight is 382 g/mol. The molecule has 0 aliphatic carbocycles. The number of rotatable bonds is 4. The smallest absolute Gasteiger partial charge is 0.368 e. The van der Waals surface area contributed by atoms with E-state index in [4.69, 9.17) is 0 Å². The van der Waals surface area contributed by atoms with Crippen LogP contribution in [0.25, 0.3) is 0 Å². The van der Waals surface area contributed by atoms with E-state index in [1.165, 1.54) is 4.90 Å². The van der Waals surface area contributed by atoms with Gasteiger partial charge in [-0.05, 0) is 31.0 Å². The minimum absolute atomic E-state index is 0.151. The van der Waals surface area contributed by atoms with E-state index in [-0.39, 0.29) is 30.6 Å². The van der Waals surface area contributed by atoms with Crippen molar-refractivity contribution in [3.05, 3.63) is 24.0 Å². The maximum absolute atomic E-state index is 13.4. The van der Waals surface area contributed by atoms with Crippen molar-refractivity contribution in [1.82, 2.24) is 5.32 Å². The molecule has 25 heavy (non-hydrogen) atoms. The molecule has 1 aliphatic rings. The van der Waals surface area contributed by atoms with Crippen LogP contribution in [0, 0.1) is 5.82 Å². The second-order valence-corrected chi connectivity index (χ2v) is 7.68. The van der Waals surface area contributed by atoms with E-state index in [9.17, 15) is 30.8 Å². The second kappa shape index (κ2) is 7.19. The highest BCUT2D eigenvalue weighted by molar-refractivity contribution is 7.92. The Hall–Kier alpha value is -1.84. The summed E-state index contributed by atoms with van der Waals surface area (Å²) in [4.78, 5) is 11.8. The number of carbonyl (C=O) groups excluding carboxylic acids is 1. The highest BCUT2D eigenvalue weighted by atomic mass is 32.2. The SMILES string of the molecule is CCC(=O)NC1CCCN(c2ccc(F)cc2S(=O)(=O)C(F)(F)F)C1. The normalized spacial score (nSPS) is 18.9. The van der Waals surface area contributed by atoms with Gasteiger partial charge in [-0.15, -0.1) is 0 Å². The minimum Gasteiger partial charge on any atom is -0.368 e. The van der Waals surface area contributed by atoms with E-state index >= 15 is 0 Å². The molecule has 0 bridgehead atoms. The Kier molecular flexibility index (Phi) is 5.60. The molecule has 5 nitrogen and oxygen atoms in total. The monoisotopic (exact) mass is 382 g/mol. The van der Waals surface area contributed by atoms with Crippen LogP contribution in [0.1, 0.15) is 26.2 Å². The maximum atomic E-state index is 13.4. The Morgan fingerprint density at radius 3 is 2.64 bits per heavy atom. The number of piperidine rings is 1. The zero-order chi connectivity index (χ0) is 18.8. The number of amides is 1. The molecule has 140 valence electrons. The fourth-order valence-corrected chi connectivity index (χ4v) is 3.72. The number of halogens is 4. The molecule has 1 amide bonds. The number of sulfone groups is 1. The molecular weight excluding hydrogens is 364 g/mol. The Balaban J connectivity index is 2.38. The van der Waals surface area contributed by atoms with Crippen molar-refractivity contribution in [2.45, 2.75) is 42.6 Å². The van der Waals surface area contributed by atoms with Gasteiger partial charge in [-0.2, -0.15) is 13.2 Å². The number of carbonyl (C=O) groups is 1. The molecule has 2 rings (SSSR count). The molecule has 1 aromatic rings. The lowest BCUT2D eigenvalue weighted by Crippen LogP contribution is -2.48. The number of nitrogens with one attached hydrogen (secondary N) is 1. The summed E-state index contributed by atoms with van der Waals surface area (Å²) in [5.74, 6) is -1.27. The van der Waals surface area contributed by atoms with Gasteiger partial charge in [-0.3, -0.25) is 4.79 Å². The summed E-state index contributed by atoms with van der Waals surface area (Å²) < 4.78 is 75.7. The zero-order valence-electron chi connectivity index (χ0n) is 13.4. The number of alkyl halides is 3. The molecular formula is C15H18F4N2O3S. The van der Waals surface area contributed by atoms with Crippen LogP contribution in [0.2, 0.25) is 0 Å².